The van der Waals surface area contributed by atoms with E-state index in [2.05, 4.69) is 4.98 Å². The summed E-state index contributed by atoms with van der Waals surface area (Å²) >= 11 is 13.1. The third kappa shape index (κ3) is 5.68. The second-order valence-corrected chi connectivity index (χ2v) is 9.47. The van der Waals surface area contributed by atoms with E-state index in [1.54, 1.807) is 11.6 Å². The quantitative estimate of drug-likeness (QED) is 0.499. The average molecular weight is 521 g/mol. The second-order valence-electron chi connectivity index (χ2n) is 6.04. The highest BCUT2D eigenvalue weighted by Crippen LogP contribution is 2.41. The van der Waals surface area contributed by atoms with Crippen molar-refractivity contribution in [1.82, 2.24) is 9.71 Å². The fourth-order valence-electron chi connectivity index (χ4n) is 2.50. The number of aromatic nitrogens is 1. The van der Waals surface area contributed by atoms with Gasteiger partial charge in [0.05, 0.1) is 33.8 Å². The summed E-state index contributed by atoms with van der Waals surface area (Å²) in [5.74, 6) is -0.725. The number of sulfonamides is 1. The van der Waals surface area contributed by atoms with Crippen molar-refractivity contribution in [2.24, 2.45) is 0 Å². The van der Waals surface area contributed by atoms with E-state index in [4.69, 9.17) is 27.9 Å². The molecular formula is C17H17Cl2F3N2O5S2. The Morgan fingerprint density at radius 1 is 1.29 bits per heavy atom. The first kappa shape index (κ1) is 25.8. The molecule has 1 aromatic carbocycles. The van der Waals surface area contributed by atoms with E-state index in [-0.39, 0.29) is 32.8 Å². The molecule has 31 heavy (non-hydrogen) atoms. The standard InChI is InChI=1S/C17H17Cl2F3N2O5S2/c1-3-11(17(20,21)22)24-31(27,28)10-6-5-8(12(18)13(10)19)14-9(7-25)23-15(30-14)16(26)29-4-2/h5-6,11,24-25H,3-4,7H2,1-2H3/t11-/m0/s1. The van der Waals surface area contributed by atoms with Gasteiger partial charge in [0.25, 0.3) is 0 Å². The molecule has 0 bridgehead atoms. The summed E-state index contributed by atoms with van der Waals surface area (Å²) < 4.78 is 70.4. The molecule has 2 N–H and O–H groups in total. The van der Waals surface area contributed by atoms with Crippen LogP contribution in [0.4, 0.5) is 13.2 Å². The maximum atomic E-state index is 13.0. The van der Waals surface area contributed by atoms with Crippen molar-refractivity contribution >= 4 is 50.5 Å². The number of carbonyl (C=O) groups excluding carboxylic acids is 1. The minimum atomic E-state index is -4.79. The molecule has 1 aromatic heterocycles. The van der Waals surface area contributed by atoms with Crippen molar-refractivity contribution in [1.29, 1.82) is 0 Å². The summed E-state index contributed by atoms with van der Waals surface area (Å²) in [4.78, 5) is 15.5. The SMILES string of the molecule is CCOC(=O)c1nc(CO)c(-c2ccc(S(=O)(=O)N[C@@H](CC)C(F)(F)F)c(Cl)c2Cl)s1. The number of rotatable bonds is 8. The van der Waals surface area contributed by atoms with Gasteiger partial charge in [-0.05, 0) is 19.4 Å². The lowest BCUT2D eigenvalue weighted by atomic mass is 10.1. The number of halogens is 5. The topological polar surface area (TPSA) is 106 Å². The average Bonchev–Trinajstić information content (AvgIpc) is 3.11. The highest BCUT2D eigenvalue weighted by atomic mass is 35.5. The van der Waals surface area contributed by atoms with Gasteiger partial charge in [0.15, 0.2) is 0 Å². The molecule has 0 unspecified atom stereocenters. The van der Waals surface area contributed by atoms with Crippen molar-refractivity contribution in [2.45, 2.75) is 44.0 Å². The molecule has 2 aromatic rings. The first-order valence-corrected chi connectivity index (χ1v) is 11.8. The normalized spacial score (nSPS) is 13.3. The number of hydrogen-bond donors (Lipinski definition) is 2. The fourth-order valence-corrected chi connectivity index (χ4v) is 5.72. The molecule has 0 amide bonds. The molecule has 2 rings (SSSR count). The van der Waals surface area contributed by atoms with Crippen LogP contribution in [0.25, 0.3) is 10.4 Å². The van der Waals surface area contributed by atoms with Gasteiger partial charge in [-0.15, -0.1) is 11.3 Å². The van der Waals surface area contributed by atoms with Gasteiger partial charge >= 0.3 is 12.1 Å². The maximum Gasteiger partial charge on any atom is 0.404 e. The van der Waals surface area contributed by atoms with Crippen LogP contribution in [0.5, 0.6) is 0 Å². The maximum absolute atomic E-state index is 13.0. The van der Waals surface area contributed by atoms with Crippen molar-refractivity contribution in [3.63, 3.8) is 0 Å². The minimum Gasteiger partial charge on any atom is -0.461 e. The van der Waals surface area contributed by atoms with Crippen LogP contribution in [0.15, 0.2) is 17.0 Å². The first-order valence-electron chi connectivity index (χ1n) is 8.72. The van der Waals surface area contributed by atoms with Gasteiger partial charge in [0.1, 0.15) is 10.9 Å². The van der Waals surface area contributed by atoms with Gasteiger partial charge in [0.2, 0.25) is 15.0 Å². The Hall–Kier alpha value is -1.44. The Labute approximate surface area is 190 Å². The van der Waals surface area contributed by atoms with Crippen LogP contribution in [0.3, 0.4) is 0 Å². The number of nitrogens with zero attached hydrogens (tertiary/aromatic N) is 1. The zero-order valence-corrected chi connectivity index (χ0v) is 19.2. The Bertz CT molecular complexity index is 1070. The monoisotopic (exact) mass is 520 g/mol. The van der Waals surface area contributed by atoms with Crippen LogP contribution in [0.2, 0.25) is 10.0 Å². The van der Waals surface area contributed by atoms with Crippen LogP contribution < -0.4 is 4.72 Å². The van der Waals surface area contributed by atoms with Crippen molar-refractivity contribution in [3.05, 3.63) is 32.9 Å². The zero-order chi connectivity index (χ0) is 23.6. The molecule has 0 aliphatic rings. The molecular weight excluding hydrogens is 504 g/mol. The van der Waals surface area contributed by atoms with Crippen molar-refractivity contribution in [3.8, 4) is 10.4 Å². The molecule has 7 nitrogen and oxygen atoms in total. The highest BCUT2D eigenvalue weighted by molar-refractivity contribution is 7.89. The molecule has 0 radical (unpaired) electrons. The third-order valence-corrected chi connectivity index (χ3v) is 7.60. The number of esters is 1. The van der Waals surface area contributed by atoms with E-state index in [1.807, 2.05) is 0 Å². The Morgan fingerprint density at radius 3 is 2.45 bits per heavy atom. The lowest BCUT2D eigenvalue weighted by Gasteiger charge is -2.20. The van der Waals surface area contributed by atoms with E-state index in [9.17, 15) is 31.5 Å². The van der Waals surface area contributed by atoms with Gasteiger partial charge in [-0.25, -0.2) is 18.2 Å². The van der Waals surface area contributed by atoms with Gasteiger partial charge in [-0.1, -0.05) is 36.2 Å². The minimum absolute atomic E-state index is 0.0672. The third-order valence-electron chi connectivity index (χ3n) is 3.98. The Kier molecular flexibility index (Phi) is 8.33. The predicted molar refractivity (Wildman–Crippen MR) is 110 cm³/mol. The molecule has 14 heteroatoms. The van der Waals surface area contributed by atoms with Crippen LogP contribution in [0.1, 0.15) is 35.8 Å². The highest BCUT2D eigenvalue weighted by Gasteiger charge is 2.41. The van der Waals surface area contributed by atoms with E-state index in [0.717, 1.165) is 17.4 Å². The summed E-state index contributed by atoms with van der Waals surface area (Å²) in [6, 6.07) is -0.111. The number of aliphatic hydroxyl groups is 1. The molecule has 0 spiro atoms. The van der Waals surface area contributed by atoms with Gasteiger partial charge in [-0.3, -0.25) is 0 Å². The molecule has 172 valence electrons. The molecule has 1 atom stereocenters. The number of alkyl halides is 3. The number of hydrogen-bond acceptors (Lipinski definition) is 7. The van der Waals surface area contributed by atoms with Gasteiger partial charge in [0, 0.05) is 5.56 Å². The molecule has 0 aliphatic carbocycles. The second kappa shape index (κ2) is 10.0. The Morgan fingerprint density at radius 2 is 1.94 bits per heavy atom. The van der Waals surface area contributed by atoms with Crippen LogP contribution in [-0.4, -0.2) is 43.3 Å². The summed E-state index contributed by atoms with van der Waals surface area (Å²) in [6.45, 7) is 2.32. The number of ether oxygens (including phenoxy) is 1. The Balaban J connectivity index is 2.51. The van der Waals surface area contributed by atoms with E-state index < -0.39 is 51.2 Å². The summed E-state index contributed by atoms with van der Waals surface area (Å²) in [5, 5.41) is 8.68. The fraction of sp³-hybridized carbons (Fsp3) is 0.412. The van der Waals surface area contributed by atoms with Crippen molar-refractivity contribution in [2.75, 3.05) is 6.61 Å². The number of thiazole rings is 1. The number of carbonyl (C=O) groups is 1. The summed E-state index contributed by atoms with van der Waals surface area (Å²) in [7, 11) is -4.66. The number of nitrogens with one attached hydrogen (secondary N) is 1. The van der Waals surface area contributed by atoms with Crippen LogP contribution >= 0.6 is 34.5 Å². The van der Waals surface area contributed by atoms with E-state index in [0.29, 0.717) is 0 Å². The molecule has 1 heterocycles. The summed E-state index contributed by atoms with van der Waals surface area (Å²) in [5.41, 5.74) is 0.216. The van der Waals surface area contributed by atoms with Crippen LogP contribution in [0, 0.1) is 0 Å². The van der Waals surface area contributed by atoms with Gasteiger partial charge < -0.3 is 9.84 Å². The van der Waals surface area contributed by atoms with Crippen LogP contribution in [-0.2, 0) is 21.4 Å². The lowest BCUT2D eigenvalue weighted by Crippen LogP contribution is -2.44. The smallest absolute Gasteiger partial charge is 0.404 e. The number of aliphatic hydroxyl groups excluding tert-OH is 1. The largest absolute Gasteiger partial charge is 0.461 e. The van der Waals surface area contributed by atoms with Crippen molar-refractivity contribution < 1.29 is 36.2 Å². The zero-order valence-electron chi connectivity index (χ0n) is 16.1. The predicted octanol–water partition coefficient (Wildman–Crippen LogP) is 4.41. The summed E-state index contributed by atoms with van der Waals surface area (Å²) in [6.07, 6.45) is -5.32. The molecule has 0 fully saturated rings. The molecule has 0 saturated carbocycles. The first-order chi connectivity index (χ1) is 14.4. The molecule has 0 aliphatic heterocycles. The van der Waals surface area contributed by atoms with Gasteiger partial charge in [-0.2, -0.15) is 17.9 Å². The van der Waals surface area contributed by atoms with E-state index in [1.165, 1.54) is 13.0 Å². The lowest BCUT2D eigenvalue weighted by molar-refractivity contribution is -0.151. The van der Waals surface area contributed by atoms with E-state index >= 15 is 0 Å². The number of benzene rings is 1. The molecule has 0 saturated heterocycles.